The van der Waals surface area contributed by atoms with Crippen LogP contribution in [0, 0.1) is 0 Å². The second kappa shape index (κ2) is 7.55. The predicted octanol–water partition coefficient (Wildman–Crippen LogP) is 3.24. The molecule has 0 radical (unpaired) electrons. The number of phenols is 1. The zero-order valence-corrected chi connectivity index (χ0v) is 12.1. The van der Waals surface area contributed by atoms with E-state index in [2.05, 4.69) is 5.32 Å². The first-order chi connectivity index (χ1) is 10.2. The van der Waals surface area contributed by atoms with Crippen LogP contribution in [0.15, 0.2) is 48.5 Å². The molecule has 21 heavy (non-hydrogen) atoms. The molecule has 0 saturated carbocycles. The van der Waals surface area contributed by atoms with Crippen molar-refractivity contribution in [1.29, 1.82) is 0 Å². The van der Waals surface area contributed by atoms with Crippen LogP contribution >= 0.6 is 11.6 Å². The van der Waals surface area contributed by atoms with Gasteiger partial charge in [-0.15, -0.1) is 0 Å². The fraction of sp³-hybridized carbons (Fsp3) is 0.188. The smallest absolute Gasteiger partial charge is 0.255 e. The average Bonchev–Trinajstić information content (AvgIpc) is 2.47. The fourth-order valence-electron chi connectivity index (χ4n) is 1.77. The summed E-state index contributed by atoms with van der Waals surface area (Å²) in [7, 11) is 0. The van der Waals surface area contributed by atoms with Crippen LogP contribution in [0.2, 0.25) is 5.02 Å². The highest BCUT2D eigenvalue weighted by molar-refractivity contribution is 6.30. The van der Waals surface area contributed by atoms with Crippen LogP contribution in [-0.2, 0) is 0 Å². The molecule has 4 nitrogen and oxygen atoms in total. The van der Waals surface area contributed by atoms with E-state index < -0.39 is 0 Å². The third-order valence-electron chi connectivity index (χ3n) is 2.82. The van der Waals surface area contributed by atoms with Crippen molar-refractivity contribution in [2.24, 2.45) is 0 Å². The summed E-state index contributed by atoms with van der Waals surface area (Å²) in [6.07, 6.45) is 0.676. The number of nitrogens with one attached hydrogen (secondary N) is 1. The minimum atomic E-state index is -0.330. The van der Waals surface area contributed by atoms with Crippen molar-refractivity contribution in [3.8, 4) is 11.5 Å². The lowest BCUT2D eigenvalue weighted by molar-refractivity contribution is 0.0949. The zero-order chi connectivity index (χ0) is 15.1. The Morgan fingerprint density at radius 3 is 2.67 bits per heavy atom. The van der Waals surface area contributed by atoms with Gasteiger partial charge in [0.25, 0.3) is 5.91 Å². The van der Waals surface area contributed by atoms with Crippen LogP contribution in [0.3, 0.4) is 0 Å². The molecule has 1 amide bonds. The predicted molar refractivity (Wildman–Crippen MR) is 82.0 cm³/mol. The van der Waals surface area contributed by atoms with E-state index in [0.29, 0.717) is 24.6 Å². The van der Waals surface area contributed by atoms with E-state index in [1.165, 1.54) is 12.1 Å². The first-order valence-electron chi connectivity index (χ1n) is 6.61. The maximum absolute atomic E-state index is 11.9. The Bertz CT molecular complexity index is 602. The Morgan fingerprint density at radius 1 is 1.19 bits per heavy atom. The van der Waals surface area contributed by atoms with Crippen LogP contribution < -0.4 is 10.1 Å². The molecule has 110 valence electrons. The molecule has 0 unspecified atom stereocenters. The molecule has 0 aliphatic heterocycles. The first-order valence-corrected chi connectivity index (χ1v) is 6.99. The number of para-hydroxylation sites is 1. The molecule has 2 rings (SSSR count). The van der Waals surface area contributed by atoms with Gasteiger partial charge in [-0.05, 0) is 36.8 Å². The van der Waals surface area contributed by atoms with Gasteiger partial charge in [0.15, 0.2) is 0 Å². The Labute approximate surface area is 128 Å². The third kappa shape index (κ3) is 4.68. The molecule has 0 aromatic heterocycles. The largest absolute Gasteiger partial charge is 0.507 e. The molecule has 0 spiro atoms. The number of amides is 1. The van der Waals surface area contributed by atoms with Gasteiger partial charge in [-0.2, -0.15) is 0 Å². The molecule has 0 aliphatic carbocycles. The number of ether oxygens (including phenoxy) is 1. The lowest BCUT2D eigenvalue weighted by Gasteiger charge is -2.08. The highest BCUT2D eigenvalue weighted by Gasteiger charge is 2.10. The number of benzene rings is 2. The number of rotatable bonds is 6. The lowest BCUT2D eigenvalue weighted by Crippen LogP contribution is -2.25. The topological polar surface area (TPSA) is 58.6 Å². The molecular formula is C16H16ClNO3. The van der Waals surface area contributed by atoms with Crippen molar-refractivity contribution < 1.29 is 14.6 Å². The van der Waals surface area contributed by atoms with Gasteiger partial charge in [0.05, 0.1) is 12.2 Å². The van der Waals surface area contributed by atoms with Gasteiger partial charge in [0, 0.05) is 11.6 Å². The molecule has 2 aromatic rings. The summed E-state index contributed by atoms with van der Waals surface area (Å²) in [4.78, 5) is 11.9. The molecule has 2 aromatic carbocycles. The Hall–Kier alpha value is -2.20. The SMILES string of the molecule is O=C(NCCCOc1ccccc1)c1ccc(Cl)cc1O. The summed E-state index contributed by atoms with van der Waals surface area (Å²) in [5.41, 5.74) is 0.211. The minimum Gasteiger partial charge on any atom is -0.507 e. The quantitative estimate of drug-likeness (QED) is 0.806. The standard InChI is InChI=1S/C16H16ClNO3/c17-12-7-8-14(15(19)11-12)16(20)18-9-4-10-21-13-5-2-1-3-6-13/h1-3,5-8,11,19H,4,9-10H2,(H,18,20). The van der Waals surface area contributed by atoms with E-state index >= 15 is 0 Å². The molecule has 0 atom stereocenters. The molecule has 0 fully saturated rings. The van der Waals surface area contributed by atoms with Crippen molar-refractivity contribution in [2.75, 3.05) is 13.2 Å². The second-order valence-electron chi connectivity index (χ2n) is 4.43. The van der Waals surface area contributed by atoms with E-state index in [9.17, 15) is 9.90 Å². The van der Waals surface area contributed by atoms with Gasteiger partial charge < -0.3 is 15.2 Å². The van der Waals surface area contributed by atoms with Gasteiger partial charge in [-0.3, -0.25) is 4.79 Å². The Kier molecular flexibility index (Phi) is 5.46. The summed E-state index contributed by atoms with van der Waals surface area (Å²) in [6, 6.07) is 13.9. The number of hydrogen-bond acceptors (Lipinski definition) is 3. The van der Waals surface area contributed by atoms with Crippen molar-refractivity contribution in [3.05, 3.63) is 59.1 Å². The summed E-state index contributed by atoms with van der Waals surface area (Å²) >= 11 is 5.72. The van der Waals surface area contributed by atoms with Crippen LogP contribution in [0.1, 0.15) is 16.8 Å². The highest BCUT2D eigenvalue weighted by atomic mass is 35.5. The summed E-state index contributed by atoms with van der Waals surface area (Å²) < 4.78 is 5.51. The minimum absolute atomic E-state index is 0.125. The fourth-order valence-corrected chi connectivity index (χ4v) is 1.94. The number of halogens is 1. The van der Waals surface area contributed by atoms with Crippen molar-refractivity contribution >= 4 is 17.5 Å². The molecule has 2 N–H and O–H groups in total. The Morgan fingerprint density at radius 2 is 1.95 bits per heavy atom. The van der Waals surface area contributed by atoms with E-state index in [4.69, 9.17) is 16.3 Å². The van der Waals surface area contributed by atoms with Crippen LogP contribution in [0.25, 0.3) is 0 Å². The van der Waals surface area contributed by atoms with E-state index in [-0.39, 0.29) is 17.2 Å². The maximum atomic E-state index is 11.9. The first kappa shape index (κ1) is 15.2. The number of carbonyl (C=O) groups is 1. The van der Waals surface area contributed by atoms with E-state index in [0.717, 1.165) is 5.75 Å². The van der Waals surface area contributed by atoms with Gasteiger partial charge >= 0.3 is 0 Å². The van der Waals surface area contributed by atoms with Crippen LogP contribution in [0.5, 0.6) is 11.5 Å². The molecule has 0 heterocycles. The average molecular weight is 306 g/mol. The van der Waals surface area contributed by atoms with E-state index in [1.54, 1.807) is 6.07 Å². The monoisotopic (exact) mass is 305 g/mol. The molecule has 0 bridgehead atoms. The molecule has 5 heteroatoms. The molecular weight excluding hydrogens is 290 g/mol. The Balaban J connectivity index is 1.72. The van der Waals surface area contributed by atoms with Crippen molar-refractivity contribution in [1.82, 2.24) is 5.32 Å². The van der Waals surface area contributed by atoms with Gasteiger partial charge in [0.1, 0.15) is 11.5 Å². The lowest BCUT2D eigenvalue weighted by atomic mass is 10.2. The summed E-state index contributed by atoms with van der Waals surface area (Å²) in [5, 5.41) is 12.8. The van der Waals surface area contributed by atoms with Gasteiger partial charge in [-0.25, -0.2) is 0 Å². The van der Waals surface area contributed by atoms with Gasteiger partial charge in [-0.1, -0.05) is 29.8 Å². The van der Waals surface area contributed by atoms with E-state index in [1.807, 2.05) is 30.3 Å². The number of aromatic hydroxyl groups is 1. The number of phenolic OH excluding ortho intramolecular Hbond substituents is 1. The highest BCUT2D eigenvalue weighted by Crippen LogP contribution is 2.21. The number of hydrogen-bond donors (Lipinski definition) is 2. The second-order valence-corrected chi connectivity index (χ2v) is 4.87. The summed E-state index contributed by atoms with van der Waals surface area (Å²) in [5.74, 6) is 0.351. The maximum Gasteiger partial charge on any atom is 0.255 e. The number of carbonyl (C=O) groups excluding carboxylic acids is 1. The molecule has 0 aliphatic rings. The van der Waals surface area contributed by atoms with Crippen LogP contribution in [0.4, 0.5) is 0 Å². The van der Waals surface area contributed by atoms with Gasteiger partial charge in [0.2, 0.25) is 0 Å². The molecule has 0 saturated heterocycles. The zero-order valence-electron chi connectivity index (χ0n) is 11.4. The van der Waals surface area contributed by atoms with Crippen molar-refractivity contribution in [2.45, 2.75) is 6.42 Å². The van der Waals surface area contributed by atoms with Crippen molar-refractivity contribution in [3.63, 3.8) is 0 Å². The third-order valence-corrected chi connectivity index (χ3v) is 3.06. The van der Waals surface area contributed by atoms with Crippen LogP contribution in [-0.4, -0.2) is 24.2 Å². The summed E-state index contributed by atoms with van der Waals surface area (Å²) in [6.45, 7) is 0.977. The normalized spacial score (nSPS) is 10.1.